The number of hydrogen-bond donors (Lipinski definition) is 4. The van der Waals surface area contributed by atoms with Gasteiger partial charge in [-0.15, -0.1) is 0 Å². The van der Waals surface area contributed by atoms with Gasteiger partial charge >= 0.3 is 12.0 Å². The Bertz CT molecular complexity index is 488. The summed E-state index contributed by atoms with van der Waals surface area (Å²) in [5, 5.41) is 22.8. The second-order valence-corrected chi connectivity index (χ2v) is 4.24. The van der Waals surface area contributed by atoms with Gasteiger partial charge in [0.2, 0.25) is 0 Å². The molecule has 0 aliphatic rings. The molecule has 2 atom stereocenters. The number of carbonyl (C=O) groups excluding carboxylic acids is 1. The molecule has 0 aliphatic carbocycles. The predicted molar refractivity (Wildman–Crippen MR) is 69.0 cm³/mol. The molecule has 1 heterocycles. The summed E-state index contributed by atoms with van der Waals surface area (Å²) in [6, 6.07) is 1.34. The average molecular weight is 267 g/mol. The number of nitrogens with zero attached hydrogens (tertiary/aromatic N) is 1. The van der Waals surface area contributed by atoms with E-state index in [1.807, 2.05) is 6.92 Å². The second-order valence-electron chi connectivity index (χ2n) is 4.24. The summed E-state index contributed by atoms with van der Waals surface area (Å²) < 4.78 is 0. The number of nitrogens with one attached hydrogen (secondary N) is 2. The normalized spacial score (nSPS) is 13.5. The van der Waals surface area contributed by atoms with Crippen LogP contribution in [-0.2, 0) is 4.79 Å². The molecule has 19 heavy (non-hydrogen) atoms. The Kier molecular flexibility index (Phi) is 4.82. The SMILES string of the molecule is Cc1ccc(NC(=O)N[C@H](C(=O)O)[C@@H](C)O)c(C)n1. The number of aliphatic carboxylic acids is 1. The van der Waals surface area contributed by atoms with Crippen LogP contribution in [-0.4, -0.2) is 39.3 Å². The highest BCUT2D eigenvalue weighted by atomic mass is 16.4. The summed E-state index contributed by atoms with van der Waals surface area (Å²) in [4.78, 5) is 26.6. The molecule has 0 fully saturated rings. The molecule has 1 aromatic heterocycles. The fourth-order valence-electron chi connectivity index (χ4n) is 1.51. The first-order chi connectivity index (χ1) is 8.81. The monoisotopic (exact) mass is 267 g/mol. The lowest BCUT2D eigenvalue weighted by molar-refractivity contribution is -0.141. The lowest BCUT2D eigenvalue weighted by Gasteiger charge is -2.17. The van der Waals surface area contributed by atoms with Crippen LogP contribution < -0.4 is 10.6 Å². The van der Waals surface area contributed by atoms with Gasteiger partial charge in [0.05, 0.1) is 17.5 Å². The van der Waals surface area contributed by atoms with E-state index in [-0.39, 0.29) is 0 Å². The number of carbonyl (C=O) groups is 2. The molecule has 0 saturated carbocycles. The number of aliphatic hydroxyl groups excluding tert-OH is 1. The molecule has 4 N–H and O–H groups in total. The largest absolute Gasteiger partial charge is 0.480 e. The van der Waals surface area contributed by atoms with E-state index in [4.69, 9.17) is 5.11 Å². The summed E-state index contributed by atoms with van der Waals surface area (Å²) in [5.41, 5.74) is 1.92. The number of rotatable bonds is 4. The van der Waals surface area contributed by atoms with Crippen LogP contribution in [0.25, 0.3) is 0 Å². The van der Waals surface area contributed by atoms with Crippen LogP contribution in [0.2, 0.25) is 0 Å². The molecule has 1 aromatic rings. The Morgan fingerprint density at radius 1 is 1.32 bits per heavy atom. The van der Waals surface area contributed by atoms with Crippen molar-refractivity contribution in [3.05, 3.63) is 23.5 Å². The zero-order chi connectivity index (χ0) is 14.6. The molecule has 0 spiro atoms. The highest BCUT2D eigenvalue weighted by molar-refractivity contribution is 5.92. The van der Waals surface area contributed by atoms with E-state index in [9.17, 15) is 14.7 Å². The number of pyridine rings is 1. The van der Waals surface area contributed by atoms with Crippen molar-refractivity contribution in [3.63, 3.8) is 0 Å². The number of urea groups is 1. The fourth-order valence-corrected chi connectivity index (χ4v) is 1.51. The predicted octanol–water partition coefficient (Wildman–Crippen LogP) is 0.654. The average Bonchev–Trinajstić information content (AvgIpc) is 2.29. The van der Waals surface area contributed by atoms with Gasteiger partial charge < -0.3 is 20.8 Å². The number of anilines is 1. The van der Waals surface area contributed by atoms with Crippen LogP contribution in [0.4, 0.5) is 10.5 Å². The molecule has 104 valence electrons. The minimum atomic E-state index is -1.36. The molecule has 0 unspecified atom stereocenters. The quantitative estimate of drug-likeness (QED) is 0.640. The van der Waals surface area contributed by atoms with Gasteiger partial charge in [0, 0.05) is 5.69 Å². The Labute approximate surface area is 110 Å². The van der Waals surface area contributed by atoms with Crippen LogP contribution in [0.3, 0.4) is 0 Å². The standard InChI is InChI=1S/C12H17N3O4/c1-6-4-5-9(7(2)13-6)14-12(19)15-10(8(3)16)11(17)18/h4-5,8,10,16H,1-3H3,(H,17,18)(H2,14,15,19)/t8-,10+/m1/s1. The third-order valence-corrected chi connectivity index (χ3v) is 2.51. The first kappa shape index (κ1) is 14.9. The zero-order valence-electron chi connectivity index (χ0n) is 11.0. The maximum absolute atomic E-state index is 11.6. The molecule has 0 saturated heterocycles. The highest BCUT2D eigenvalue weighted by Crippen LogP contribution is 2.12. The Balaban J connectivity index is 2.72. The van der Waals surface area contributed by atoms with E-state index in [0.717, 1.165) is 5.69 Å². The Morgan fingerprint density at radius 3 is 2.42 bits per heavy atom. The van der Waals surface area contributed by atoms with Crippen LogP contribution in [0.15, 0.2) is 12.1 Å². The lowest BCUT2D eigenvalue weighted by atomic mass is 10.2. The Morgan fingerprint density at radius 2 is 1.95 bits per heavy atom. The van der Waals surface area contributed by atoms with Crippen LogP contribution in [0.5, 0.6) is 0 Å². The zero-order valence-corrected chi connectivity index (χ0v) is 11.0. The molecule has 1 rings (SSSR count). The highest BCUT2D eigenvalue weighted by Gasteiger charge is 2.25. The maximum Gasteiger partial charge on any atom is 0.328 e. The van der Waals surface area contributed by atoms with Gasteiger partial charge in [-0.25, -0.2) is 9.59 Å². The second kappa shape index (κ2) is 6.14. The fraction of sp³-hybridized carbons (Fsp3) is 0.417. The van der Waals surface area contributed by atoms with E-state index in [2.05, 4.69) is 15.6 Å². The molecule has 0 aliphatic heterocycles. The van der Waals surface area contributed by atoms with Crippen molar-refractivity contribution in [2.24, 2.45) is 0 Å². The number of amides is 2. The molecule has 0 radical (unpaired) electrons. The van der Waals surface area contributed by atoms with E-state index in [1.165, 1.54) is 6.92 Å². The van der Waals surface area contributed by atoms with E-state index in [1.54, 1.807) is 19.1 Å². The van der Waals surface area contributed by atoms with Crippen molar-refractivity contribution in [1.29, 1.82) is 0 Å². The van der Waals surface area contributed by atoms with Gasteiger partial charge in [-0.1, -0.05) is 0 Å². The molecule has 7 heteroatoms. The van der Waals surface area contributed by atoms with Gasteiger partial charge in [-0.2, -0.15) is 0 Å². The number of hydrogen-bond acceptors (Lipinski definition) is 4. The summed E-state index contributed by atoms with van der Waals surface area (Å²) in [7, 11) is 0. The van der Waals surface area contributed by atoms with E-state index >= 15 is 0 Å². The van der Waals surface area contributed by atoms with Crippen molar-refractivity contribution in [2.75, 3.05) is 5.32 Å². The number of carboxylic acids is 1. The third kappa shape index (κ3) is 4.22. The number of aliphatic hydroxyl groups is 1. The molecule has 7 nitrogen and oxygen atoms in total. The van der Waals surface area contributed by atoms with Gasteiger partial charge in [0.25, 0.3) is 0 Å². The summed E-state index contributed by atoms with van der Waals surface area (Å²) in [5.74, 6) is -1.30. The minimum Gasteiger partial charge on any atom is -0.480 e. The van der Waals surface area contributed by atoms with Gasteiger partial charge in [-0.3, -0.25) is 4.98 Å². The van der Waals surface area contributed by atoms with Crippen molar-refractivity contribution in [2.45, 2.75) is 32.9 Å². The van der Waals surface area contributed by atoms with Gasteiger partial charge in [0.1, 0.15) is 0 Å². The number of aromatic nitrogens is 1. The van der Waals surface area contributed by atoms with Crippen LogP contribution in [0.1, 0.15) is 18.3 Å². The van der Waals surface area contributed by atoms with Crippen LogP contribution >= 0.6 is 0 Å². The minimum absolute atomic E-state index is 0.484. The Hall–Kier alpha value is -2.15. The summed E-state index contributed by atoms with van der Waals surface area (Å²) in [6.07, 6.45) is -1.19. The first-order valence-electron chi connectivity index (χ1n) is 5.74. The summed E-state index contributed by atoms with van der Waals surface area (Å²) >= 11 is 0. The third-order valence-electron chi connectivity index (χ3n) is 2.51. The topological polar surface area (TPSA) is 112 Å². The molecule has 0 aromatic carbocycles. The van der Waals surface area contributed by atoms with Crippen molar-refractivity contribution in [1.82, 2.24) is 10.3 Å². The smallest absolute Gasteiger partial charge is 0.328 e. The number of aryl methyl sites for hydroxylation is 2. The molecular weight excluding hydrogens is 250 g/mol. The van der Waals surface area contributed by atoms with Gasteiger partial charge in [0.15, 0.2) is 6.04 Å². The molecule has 0 bridgehead atoms. The van der Waals surface area contributed by atoms with Crippen molar-refractivity contribution >= 4 is 17.7 Å². The molecule has 2 amide bonds. The van der Waals surface area contributed by atoms with Gasteiger partial charge in [-0.05, 0) is 32.9 Å². The first-order valence-corrected chi connectivity index (χ1v) is 5.74. The van der Waals surface area contributed by atoms with Crippen molar-refractivity contribution < 1.29 is 19.8 Å². The van der Waals surface area contributed by atoms with E-state index in [0.29, 0.717) is 11.4 Å². The van der Waals surface area contributed by atoms with E-state index < -0.39 is 24.1 Å². The lowest BCUT2D eigenvalue weighted by Crippen LogP contribution is -2.49. The molecular formula is C12H17N3O4. The van der Waals surface area contributed by atoms with Crippen molar-refractivity contribution in [3.8, 4) is 0 Å². The maximum atomic E-state index is 11.6. The number of carboxylic acid groups (broad SMARTS) is 1. The summed E-state index contributed by atoms with van der Waals surface area (Å²) in [6.45, 7) is 4.84. The van der Waals surface area contributed by atoms with Crippen LogP contribution in [0, 0.1) is 13.8 Å².